The maximum Gasteiger partial charge on any atom is 0.573 e. The summed E-state index contributed by atoms with van der Waals surface area (Å²) < 4.78 is 44.9. The lowest BCUT2D eigenvalue weighted by molar-refractivity contribution is -0.274. The van der Waals surface area contributed by atoms with Crippen molar-refractivity contribution in [3.05, 3.63) is 23.8 Å². The second-order valence-corrected chi connectivity index (χ2v) is 3.40. The number of halogens is 3. The van der Waals surface area contributed by atoms with Crippen molar-refractivity contribution in [1.29, 1.82) is 0 Å². The van der Waals surface area contributed by atoms with E-state index in [2.05, 4.69) is 10.1 Å². The zero-order valence-electron chi connectivity index (χ0n) is 8.47. The Kier molecular flexibility index (Phi) is 2.67. The molecule has 0 unspecified atom stereocenters. The molecule has 1 atom stereocenters. The summed E-state index contributed by atoms with van der Waals surface area (Å²) in [6.07, 6.45) is -4.67. The van der Waals surface area contributed by atoms with Crippen molar-refractivity contribution in [2.75, 3.05) is 13.7 Å². The molecule has 0 saturated heterocycles. The van der Waals surface area contributed by atoms with Crippen molar-refractivity contribution in [2.24, 2.45) is 0 Å². The lowest BCUT2D eigenvalue weighted by Gasteiger charge is -2.10. The number of benzene rings is 1. The molecular formula is C10H10F3NO2. The minimum absolute atomic E-state index is 0.0231. The number of hydrogen-bond acceptors (Lipinski definition) is 3. The Morgan fingerprint density at radius 3 is 2.81 bits per heavy atom. The Morgan fingerprint density at radius 1 is 1.44 bits per heavy atom. The lowest BCUT2D eigenvalue weighted by atomic mass is 10.1. The molecular weight excluding hydrogens is 223 g/mol. The quantitative estimate of drug-likeness (QED) is 0.849. The van der Waals surface area contributed by atoms with Crippen molar-refractivity contribution in [3.8, 4) is 11.5 Å². The molecule has 1 aliphatic heterocycles. The highest BCUT2D eigenvalue weighted by atomic mass is 19.4. The molecule has 0 amide bonds. The summed E-state index contributed by atoms with van der Waals surface area (Å²) in [6.45, 7) is 0.418. The number of alkyl halides is 3. The molecule has 6 heteroatoms. The smallest absolute Gasteiger partial charge is 0.491 e. The SMILES string of the molecule is CN[C@@H]1COc2cc(OC(F)(F)F)ccc21. The summed E-state index contributed by atoms with van der Waals surface area (Å²) in [4.78, 5) is 0. The summed E-state index contributed by atoms with van der Waals surface area (Å²) in [5, 5.41) is 3.00. The fraction of sp³-hybridized carbons (Fsp3) is 0.400. The molecule has 1 aliphatic rings. The molecule has 1 heterocycles. The Bertz CT molecular complexity index is 392. The van der Waals surface area contributed by atoms with E-state index in [1.807, 2.05) is 0 Å². The average molecular weight is 233 g/mol. The van der Waals surface area contributed by atoms with Gasteiger partial charge in [-0.1, -0.05) is 0 Å². The third-order valence-electron chi connectivity index (χ3n) is 2.35. The molecule has 3 nitrogen and oxygen atoms in total. The first-order valence-corrected chi connectivity index (χ1v) is 4.69. The van der Waals surface area contributed by atoms with Crippen LogP contribution in [-0.4, -0.2) is 20.0 Å². The first-order chi connectivity index (χ1) is 7.49. The van der Waals surface area contributed by atoms with E-state index in [0.717, 1.165) is 5.56 Å². The molecule has 0 aliphatic carbocycles. The Hall–Kier alpha value is -1.43. The monoisotopic (exact) mass is 233 g/mol. The van der Waals surface area contributed by atoms with Crippen LogP contribution in [0.2, 0.25) is 0 Å². The second-order valence-electron chi connectivity index (χ2n) is 3.40. The van der Waals surface area contributed by atoms with Crippen LogP contribution in [0.5, 0.6) is 11.5 Å². The van der Waals surface area contributed by atoms with Gasteiger partial charge in [-0.25, -0.2) is 0 Å². The molecule has 0 spiro atoms. The summed E-state index contributed by atoms with van der Waals surface area (Å²) in [5.41, 5.74) is 0.844. The summed E-state index contributed by atoms with van der Waals surface area (Å²) in [6, 6.07) is 4.13. The molecule has 1 N–H and O–H groups in total. The number of fused-ring (bicyclic) bond motifs is 1. The predicted octanol–water partition coefficient (Wildman–Crippen LogP) is 2.24. The van der Waals surface area contributed by atoms with E-state index in [1.54, 1.807) is 13.1 Å². The van der Waals surface area contributed by atoms with E-state index in [0.29, 0.717) is 12.4 Å². The molecule has 88 valence electrons. The third kappa shape index (κ3) is 2.21. The highest BCUT2D eigenvalue weighted by molar-refractivity contribution is 5.45. The van der Waals surface area contributed by atoms with Crippen LogP contribution in [-0.2, 0) is 0 Å². The van der Waals surface area contributed by atoms with Crippen LogP contribution in [0.25, 0.3) is 0 Å². The van der Waals surface area contributed by atoms with Gasteiger partial charge in [0, 0.05) is 11.6 Å². The van der Waals surface area contributed by atoms with E-state index in [4.69, 9.17) is 4.74 Å². The number of likely N-dealkylation sites (N-methyl/N-ethyl adjacent to an activating group) is 1. The van der Waals surface area contributed by atoms with Crippen LogP contribution < -0.4 is 14.8 Å². The van der Waals surface area contributed by atoms with E-state index in [9.17, 15) is 13.2 Å². The molecule has 0 aromatic heterocycles. The lowest BCUT2D eigenvalue weighted by Crippen LogP contribution is -2.17. The molecule has 2 rings (SSSR count). The van der Waals surface area contributed by atoms with Gasteiger partial charge in [-0.05, 0) is 19.2 Å². The van der Waals surface area contributed by atoms with Crippen molar-refractivity contribution in [1.82, 2.24) is 5.32 Å². The number of hydrogen-bond donors (Lipinski definition) is 1. The van der Waals surface area contributed by atoms with Gasteiger partial charge in [-0.3, -0.25) is 0 Å². The van der Waals surface area contributed by atoms with Gasteiger partial charge in [0.1, 0.15) is 18.1 Å². The minimum Gasteiger partial charge on any atom is -0.491 e. The largest absolute Gasteiger partial charge is 0.573 e. The maximum atomic E-state index is 12.0. The average Bonchev–Trinajstić information content (AvgIpc) is 2.57. The van der Waals surface area contributed by atoms with Crippen LogP contribution in [0.3, 0.4) is 0 Å². The van der Waals surface area contributed by atoms with E-state index >= 15 is 0 Å². The first-order valence-electron chi connectivity index (χ1n) is 4.69. The Labute approximate surface area is 90.2 Å². The van der Waals surface area contributed by atoms with Crippen molar-refractivity contribution >= 4 is 0 Å². The number of rotatable bonds is 2. The standard InChI is InChI=1S/C10H10F3NO2/c1-14-8-5-15-9-4-6(2-3-7(8)9)16-10(11,12)13/h2-4,8,14H,5H2,1H3/t8-/m1/s1. The highest BCUT2D eigenvalue weighted by Gasteiger charge is 2.32. The van der Waals surface area contributed by atoms with Gasteiger partial charge in [0.25, 0.3) is 0 Å². The maximum absolute atomic E-state index is 12.0. The molecule has 0 bridgehead atoms. The number of ether oxygens (including phenoxy) is 2. The zero-order valence-corrected chi connectivity index (χ0v) is 8.47. The van der Waals surface area contributed by atoms with Crippen molar-refractivity contribution < 1.29 is 22.6 Å². The molecule has 0 fully saturated rings. The molecule has 1 aromatic carbocycles. The third-order valence-corrected chi connectivity index (χ3v) is 2.35. The molecule has 0 radical (unpaired) electrons. The summed E-state index contributed by atoms with van der Waals surface area (Å²) in [5.74, 6) is 0.170. The molecule has 0 saturated carbocycles. The van der Waals surface area contributed by atoms with Crippen LogP contribution in [0.4, 0.5) is 13.2 Å². The van der Waals surface area contributed by atoms with Gasteiger partial charge >= 0.3 is 6.36 Å². The summed E-state index contributed by atoms with van der Waals surface area (Å²) >= 11 is 0. The van der Waals surface area contributed by atoms with Crippen LogP contribution >= 0.6 is 0 Å². The summed E-state index contributed by atoms with van der Waals surface area (Å²) in [7, 11) is 1.77. The van der Waals surface area contributed by atoms with Crippen molar-refractivity contribution in [3.63, 3.8) is 0 Å². The fourth-order valence-electron chi connectivity index (χ4n) is 1.63. The van der Waals surface area contributed by atoms with Gasteiger partial charge in [0.15, 0.2) is 0 Å². The second kappa shape index (κ2) is 3.86. The highest BCUT2D eigenvalue weighted by Crippen LogP contribution is 2.36. The normalized spacial score (nSPS) is 19.1. The van der Waals surface area contributed by atoms with Gasteiger partial charge < -0.3 is 14.8 Å². The zero-order chi connectivity index (χ0) is 11.8. The van der Waals surface area contributed by atoms with E-state index in [1.165, 1.54) is 12.1 Å². The predicted molar refractivity (Wildman–Crippen MR) is 50.4 cm³/mol. The van der Waals surface area contributed by atoms with E-state index in [-0.39, 0.29) is 11.8 Å². The Morgan fingerprint density at radius 2 is 2.19 bits per heavy atom. The fourth-order valence-corrected chi connectivity index (χ4v) is 1.63. The minimum atomic E-state index is -4.67. The number of nitrogens with one attached hydrogen (secondary N) is 1. The van der Waals surface area contributed by atoms with Gasteiger partial charge in [0.05, 0.1) is 6.04 Å². The van der Waals surface area contributed by atoms with E-state index < -0.39 is 6.36 Å². The van der Waals surface area contributed by atoms with Crippen LogP contribution in [0.1, 0.15) is 11.6 Å². The van der Waals surface area contributed by atoms with Crippen LogP contribution in [0, 0.1) is 0 Å². The molecule has 1 aromatic rings. The van der Waals surface area contributed by atoms with Crippen LogP contribution in [0.15, 0.2) is 18.2 Å². The van der Waals surface area contributed by atoms with Gasteiger partial charge in [-0.15, -0.1) is 13.2 Å². The topological polar surface area (TPSA) is 30.5 Å². The molecule has 16 heavy (non-hydrogen) atoms. The van der Waals surface area contributed by atoms with Crippen molar-refractivity contribution in [2.45, 2.75) is 12.4 Å². The Balaban J connectivity index is 2.21. The van der Waals surface area contributed by atoms with Gasteiger partial charge in [0.2, 0.25) is 0 Å². The van der Waals surface area contributed by atoms with Gasteiger partial charge in [-0.2, -0.15) is 0 Å². The first kappa shape index (κ1) is 11.1.